The van der Waals surface area contributed by atoms with Crippen molar-refractivity contribution in [1.82, 2.24) is 24.8 Å². The molecule has 0 bridgehead atoms. The minimum Gasteiger partial charge on any atom is -0.462 e. The van der Waals surface area contributed by atoms with Crippen LogP contribution in [-0.2, 0) is 22.5 Å². The molecule has 0 radical (unpaired) electrons. The summed E-state index contributed by atoms with van der Waals surface area (Å²) in [5, 5.41) is 10.9. The Balaban J connectivity index is 1.75. The van der Waals surface area contributed by atoms with Gasteiger partial charge in [0.15, 0.2) is 11.6 Å². The third-order valence-electron chi connectivity index (χ3n) is 4.17. The van der Waals surface area contributed by atoms with Crippen LogP contribution >= 0.6 is 0 Å². The zero-order valence-corrected chi connectivity index (χ0v) is 17.2. The van der Waals surface area contributed by atoms with E-state index >= 15 is 0 Å². The van der Waals surface area contributed by atoms with Gasteiger partial charge in [-0.2, -0.15) is 10.1 Å². The van der Waals surface area contributed by atoms with E-state index in [-0.39, 0.29) is 30.4 Å². The summed E-state index contributed by atoms with van der Waals surface area (Å²) in [5.74, 6) is 0.429. The van der Waals surface area contributed by atoms with Crippen LogP contribution in [0, 0.1) is 0 Å². The number of rotatable bonds is 9. The lowest BCUT2D eigenvalue weighted by molar-refractivity contribution is -0.117. The highest BCUT2D eigenvalue weighted by Gasteiger charge is 2.22. The van der Waals surface area contributed by atoms with Gasteiger partial charge in [0.05, 0.1) is 31.6 Å². The molecule has 3 aromatic rings. The Hall–Kier alpha value is -3.53. The number of hydrogen-bond acceptors (Lipinski definition) is 8. The monoisotopic (exact) mass is 412 g/mol. The van der Waals surface area contributed by atoms with E-state index in [9.17, 15) is 9.59 Å². The Labute approximate surface area is 173 Å². The first-order valence-electron chi connectivity index (χ1n) is 9.62. The lowest BCUT2D eigenvalue weighted by atomic mass is 10.3. The van der Waals surface area contributed by atoms with Crippen molar-refractivity contribution < 1.29 is 18.8 Å². The number of aromatic nitrogens is 4. The first-order valence-corrected chi connectivity index (χ1v) is 9.62. The predicted octanol–water partition coefficient (Wildman–Crippen LogP) is 2.06. The van der Waals surface area contributed by atoms with Gasteiger partial charge in [-0.1, -0.05) is 30.3 Å². The minimum atomic E-state index is -0.554. The number of aryl methyl sites for hydroxylation is 1. The average molecular weight is 412 g/mol. The van der Waals surface area contributed by atoms with E-state index in [1.807, 2.05) is 37.3 Å². The van der Waals surface area contributed by atoms with Crippen LogP contribution in [-0.4, -0.2) is 56.9 Å². The van der Waals surface area contributed by atoms with Crippen molar-refractivity contribution in [3.63, 3.8) is 0 Å². The van der Waals surface area contributed by atoms with Gasteiger partial charge in [0.1, 0.15) is 5.56 Å². The van der Waals surface area contributed by atoms with Gasteiger partial charge in [0.2, 0.25) is 11.8 Å². The van der Waals surface area contributed by atoms with E-state index in [0.29, 0.717) is 30.4 Å². The number of esters is 1. The molecular formula is C20H24N6O4. The van der Waals surface area contributed by atoms with Gasteiger partial charge in [-0.15, -0.1) is 0 Å². The van der Waals surface area contributed by atoms with E-state index < -0.39 is 5.97 Å². The van der Waals surface area contributed by atoms with Crippen LogP contribution in [0.3, 0.4) is 0 Å². The summed E-state index contributed by atoms with van der Waals surface area (Å²) in [6.45, 7) is 4.24. The molecule has 0 aliphatic rings. The van der Waals surface area contributed by atoms with Crippen molar-refractivity contribution in [3.8, 4) is 5.69 Å². The van der Waals surface area contributed by atoms with E-state index in [0.717, 1.165) is 0 Å². The Morgan fingerprint density at radius 1 is 1.23 bits per heavy atom. The molecule has 30 heavy (non-hydrogen) atoms. The third-order valence-corrected chi connectivity index (χ3v) is 4.17. The molecule has 0 fully saturated rings. The molecule has 10 nitrogen and oxygen atoms in total. The first kappa shape index (κ1) is 21.2. The quantitative estimate of drug-likeness (QED) is 0.531. The third kappa shape index (κ3) is 5.09. The summed E-state index contributed by atoms with van der Waals surface area (Å²) in [6, 6.07) is 9.20. The Morgan fingerprint density at radius 3 is 2.67 bits per heavy atom. The lowest BCUT2D eigenvalue weighted by Gasteiger charge is -2.15. The Kier molecular flexibility index (Phi) is 6.91. The number of amides is 1. The number of carbonyl (C=O) groups is 2. The highest BCUT2D eigenvalue weighted by molar-refractivity contribution is 6.01. The molecule has 0 saturated heterocycles. The summed E-state index contributed by atoms with van der Waals surface area (Å²) < 4.78 is 11.7. The highest BCUT2D eigenvalue weighted by atomic mass is 16.5. The molecule has 2 aromatic heterocycles. The standard InChI is InChI=1S/C20H24N6O4/c1-4-16-22-18(30-24-16)13-25(3)12-17(27)23-19-15(20(28)29-5-2)11-21-26(19)14-9-7-6-8-10-14/h6-11H,4-5,12-13H2,1-3H3,(H,23,27). The van der Waals surface area contributed by atoms with E-state index in [1.54, 1.807) is 18.9 Å². The number of likely N-dealkylation sites (N-methyl/N-ethyl adjacent to an activating group) is 1. The number of nitrogens with one attached hydrogen (secondary N) is 1. The van der Waals surface area contributed by atoms with Gasteiger partial charge in [-0.3, -0.25) is 9.69 Å². The van der Waals surface area contributed by atoms with E-state index in [2.05, 4.69) is 20.6 Å². The van der Waals surface area contributed by atoms with Crippen molar-refractivity contribution in [2.75, 3.05) is 25.5 Å². The van der Waals surface area contributed by atoms with E-state index in [1.165, 1.54) is 10.9 Å². The number of carbonyl (C=O) groups excluding carboxylic acids is 2. The summed E-state index contributed by atoms with van der Waals surface area (Å²) in [5.41, 5.74) is 0.885. The maximum atomic E-state index is 12.7. The Morgan fingerprint density at radius 2 is 2.00 bits per heavy atom. The number of ether oxygens (including phenoxy) is 1. The second-order valence-corrected chi connectivity index (χ2v) is 6.55. The maximum absolute atomic E-state index is 12.7. The van der Waals surface area contributed by atoms with Gasteiger partial charge in [0.25, 0.3) is 0 Å². The smallest absolute Gasteiger partial charge is 0.343 e. The van der Waals surface area contributed by atoms with Crippen molar-refractivity contribution >= 4 is 17.7 Å². The predicted molar refractivity (Wildman–Crippen MR) is 108 cm³/mol. The molecule has 0 atom stereocenters. The van der Waals surface area contributed by atoms with Crippen LogP contribution in [0.1, 0.15) is 35.9 Å². The summed E-state index contributed by atoms with van der Waals surface area (Å²) in [4.78, 5) is 31.0. The fourth-order valence-corrected chi connectivity index (χ4v) is 2.79. The normalized spacial score (nSPS) is 10.9. The van der Waals surface area contributed by atoms with Crippen LogP contribution in [0.15, 0.2) is 41.1 Å². The molecule has 0 aliphatic carbocycles. The highest BCUT2D eigenvalue weighted by Crippen LogP contribution is 2.21. The molecule has 0 saturated carbocycles. The van der Waals surface area contributed by atoms with Gasteiger partial charge < -0.3 is 14.6 Å². The van der Waals surface area contributed by atoms with Crippen molar-refractivity contribution in [1.29, 1.82) is 0 Å². The number of benzene rings is 1. The van der Waals surface area contributed by atoms with Crippen molar-refractivity contribution in [2.45, 2.75) is 26.8 Å². The van der Waals surface area contributed by atoms with Crippen LogP contribution < -0.4 is 5.32 Å². The molecule has 2 heterocycles. The molecule has 1 amide bonds. The zero-order valence-electron chi connectivity index (χ0n) is 17.2. The molecule has 0 aliphatic heterocycles. The van der Waals surface area contributed by atoms with Crippen LogP contribution in [0.5, 0.6) is 0 Å². The second-order valence-electron chi connectivity index (χ2n) is 6.55. The average Bonchev–Trinajstić information content (AvgIpc) is 3.35. The van der Waals surface area contributed by atoms with Crippen LogP contribution in [0.4, 0.5) is 5.82 Å². The summed E-state index contributed by atoms with van der Waals surface area (Å²) in [7, 11) is 1.76. The molecule has 0 spiro atoms. The van der Waals surface area contributed by atoms with Gasteiger partial charge in [0, 0.05) is 6.42 Å². The fourth-order valence-electron chi connectivity index (χ4n) is 2.79. The first-order chi connectivity index (χ1) is 14.5. The molecule has 10 heteroatoms. The van der Waals surface area contributed by atoms with Crippen molar-refractivity contribution in [3.05, 3.63) is 53.8 Å². The maximum Gasteiger partial charge on any atom is 0.343 e. The van der Waals surface area contributed by atoms with E-state index in [4.69, 9.17) is 9.26 Å². The molecular weight excluding hydrogens is 388 g/mol. The summed E-state index contributed by atoms with van der Waals surface area (Å²) in [6.07, 6.45) is 2.06. The van der Waals surface area contributed by atoms with Crippen molar-refractivity contribution in [2.24, 2.45) is 0 Å². The number of nitrogens with zero attached hydrogens (tertiary/aromatic N) is 5. The lowest BCUT2D eigenvalue weighted by Crippen LogP contribution is -2.31. The largest absolute Gasteiger partial charge is 0.462 e. The Bertz CT molecular complexity index is 998. The minimum absolute atomic E-state index is 0.0477. The molecule has 158 valence electrons. The van der Waals surface area contributed by atoms with Gasteiger partial charge in [-0.25, -0.2) is 9.48 Å². The molecule has 3 rings (SSSR count). The van der Waals surface area contributed by atoms with Crippen LogP contribution in [0.2, 0.25) is 0 Å². The second kappa shape index (κ2) is 9.79. The molecule has 1 N–H and O–H groups in total. The fraction of sp³-hybridized carbons (Fsp3) is 0.350. The van der Waals surface area contributed by atoms with Gasteiger partial charge >= 0.3 is 5.97 Å². The number of hydrogen-bond donors (Lipinski definition) is 1. The zero-order chi connectivity index (χ0) is 21.5. The molecule has 1 aromatic carbocycles. The van der Waals surface area contributed by atoms with Gasteiger partial charge in [-0.05, 0) is 26.1 Å². The summed E-state index contributed by atoms with van der Waals surface area (Å²) >= 11 is 0. The SMILES string of the molecule is CCOC(=O)c1cnn(-c2ccccc2)c1NC(=O)CN(C)Cc1nc(CC)no1. The topological polar surface area (TPSA) is 115 Å². The number of para-hydroxylation sites is 1. The molecule has 0 unspecified atom stereocenters. The van der Waals surface area contributed by atoms with Crippen LogP contribution in [0.25, 0.3) is 5.69 Å². The number of anilines is 1.